The first kappa shape index (κ1) is 16.5. The number of hydrogen-bond donors (Lipinski definition) is 0. The molecule has 4 heteroatoms. The average Bonchev–Trinajstić information content (AvgIpc) is 3.20. The summed E-state index contributed by atoms with van der Waals surface area (Å²) in [7, 11) is 1.85. The monoisotopic (exact) mass is 358 g/mol. The summed E-state index contributed by atoms with van der Waals surface area (Å²) in [4.78, 5) is 20.9. The van der Waals surface area contributed by atoms with Gasteiger partial charge in [-0.25, -0.2) is 4.98 Å². The van der Waals surface area contributed by atoms with E-state index < -0.39 is 0 Å². The Balaban J connectivity index is 1.78. The van der Waals surface area contributed by atoms with Gasteiger partial charge in [0.15, 0.2) is 0 Å². The molecule has 2 aromatic carbocycles. The second kappa shape index (κ2) is 7.10. The van der Waals surface area contributed by atoms with Gasteiger partial charge in [0.05, 0.1) is 23.3 Å². The van der Waals surface area contributed by atoms with Crippen LogP contribution < -0.4 is 0 Å². The number of para-hydroxylation sites is 1. The first-order valence-electron chi connectivity index (χ1n) is 8.45. The first-order chi connectivity index (χ1) is 12.7. The molecule has 2 aromatic heterocycles. The van der Waals surface area contributed by atoms with Gasteiger partial charge in [-0.3, -0.25) is 4.79 Å². The van der Waals surface area contributed by atoms with E-state index in [1.807, 2.05) is 79.2 Å². The van der Waals surface area contributed by atoms with Crippen molar-refractivity contribution in [1.82, 2.24) is 9.88 Å². The van der Waals surface area contributed by atoms with Crippen molar-refractivity contribution < 1.29 is 4.79 Å². The summed E-state index contributed by atoms with van der Waals surface area (Å²) in [5, 5.41) is 2.92. The standard InChI is InChI=1S/C22H18N2OS/c1-24(15-17-10-7-13-26-17)22(25)19-14-21(16-8-3-2-4-9-16)23-20-12-6-5-11-18(19)20/h2-14H,15H2,1H3. The number of pyridine rings is 1. The van der Waals surface area contributed by atoms with E-state index in [1.165, 1.54) is 4.88 Å². The second-order valence-electron chi connectivity index (χ2n) is 6.18. The van der Waals surface area contributed by atoms with Crippen LogP contribution in [0.1, 0.15) is 15.2 Å². The molecule has 0 N–H and O–H groups in total. The van der Waals surface area contributed by atoms with Crippen LogP contribution in [0, 0.1) is 0 Å². The molecule has 26 heavy (non-hydrogen) atoms. The number of carbonyl (C=O) groups excluding carboxylic acids is 1. The summed E-state index contributed by atoms with van der Waals surface area (Å²) in [6.45, 7) is 0.605. The minimum absolute atomic E-state index is 0.00850. The van der Waals surface area contributed by atoms with Gasteiger partial charge in [0.1, 0.15) is 0 Å². The second-order valence-corrected chi connectivity index (χ2v) is 7.21. The van der Waals surface area contributed by atoms with Gasteiger partial charge >= 0.3 is 0 Å². The van der Waals surface area contributed by atoms with Gasteiger partial charge in [-0.2, -0.15) is 0 Å². The number of carbonyl (C=O) groups is 1. The number of fused-ring (bicyclic) bond motifs is 1. The Hall–Kier alpha value is -2.98. The zero-order chi connectivity index (χ0) is 17.9. The fourth-order valence-corrected chi connectivity index (χ4v) is 3.78. The van der Waals surface area contributed by atoms with Crippen molar-refractivity contribution in [1.29, 1.82) is 0 Å². The number of nitrogens with zero attached hydrogens (tertiary/aromatic N) is 2. The molecule has 0 aliphatic heterocycles. The molecule has 0 aliphatic rings. The highest BCUT2D eigenvalue weighted by Gasteiger charge is 2.17. The van der Waals surface area contributed by atoms with Crippen LogP contribution >= 0.6 is 11.3 Å². The van der Waals surface area contributed by atoms with Crippen molar-refractivity contribution in [3.63, 3.8) is 0 Å². The molecule has 0 bridgehead atoms. The lowest BCUT2D eigenvalue weighted by molar-refractivity contribution is 0.0788. The molecule has 0 saturated heterocycles. The van der Waals surface area contributed by atoms with Crippen LogP contribution in [-0.4, -0.2) is 22.8 Å². The van der Waals surface area contributed by atoms with Crippen LogP contribution in [0.4, 0.5) is 0 Å². The molecule has 1 amide bonds. The lowest BCUT2D eigenvalue weighted by Gasteiger charge is -2.18. The van der Waals surface area contributed by atoms with E-state index in [4.69, 9.17) is 4.98 Å². The zero-order valence-corrected chi connectivity index (χ0v) is 15.2. The fraction of sp³-hybridized carbons (Fsp3) is 0.0909. The SMILES string of the molecule is CN(Cc1cccs1)C(=O)c1cc(-c2ccccc2)nc2ccccc12. The summed E-state index contributed by atoms with van der Waals surface area (Å²) in [6, 6.07) is 23.8. The van der Waals surface area contributed by atoms with Gasteiger partial charge in [0.2, 0.25) is 0 Å². The number of rotatable bonds is 4. The van der Waals surface area contributed by atoms with E-state index in [0.29, 0.717) is 12.1 Å². The summed E-state index contributed by atoms with van der Waals surface area (Å²) in [5.74, 6) is 0.00850. The number of benzene rings is 2. The minimum atomic E-state index is 0.00850. The minimum Gasteiger partial charge on any atom is -0.337 e. The Morgan fingerprint density at radius 1 is 1.00 bits per heavy atom. The molecule has 0 atom stereocenters. The molecule has 0 radical (unpaired) electrons. The Bertz CT molecular complexity index is 1040. The predicted octanol–water partition coefficient (Wildman–Crippen LogP) is 5.24. The third kappa shape index (κ3) is 3.24. The molecule has 4 aromatic rings. The predicted molar refractivity (Wildman–Crippen MR) is 107 cm³/mol. The Morgan fingerprint density at radius 3 is 2.54 bits per heavy atom. The van der Waals surface area contributed by atoms with E-state index in [0.717, 1.165) is 22.2 Å². The average molecular weight is 358 g/mol. The maximum Gasteiger partial charge on any atom is 0.254 e. The van der Waals surface area contributed by atoms with Crippen molar-refractivity contribution in [2.24, 2.45) is 0 Å². The smallest absolute Gasteiger partial charge is 0.254 e. The molecule has 3 nitrogen and oxygen atoms in total. The molecule has 128 valence electrons. The summed E-state index contributed by atoms with van der Waals surface area (Å²) >= 11 is 1.66. The van der Waals surface area contributed by atoms with Gasteiger partial charge < -0.3 is 4.90 Å². The van der Waals surface area contributed by atoms with E-state index in [1.54, 1.807) is 16.2 Å². The normalized spacial score (nSPS) is 10.8. The van der Waals surface area contributed by atoms with Crippen molar-refractivity contribution in [2.45, 2.75) is 6.54 Å². The van der Waals surface area contributed by atoms with E-state index >= 15 is 0 Å². The van der Waals surface area contributed by atoms with Crippen LogP contribution in [0.15, 0.2) is 78.2 Å². The van der Waals surface area contributed by atoms with Crippen molar-refractivity contribution >= 4 is 28.1 Å². The van der Waals surface area contributed by atoms with Crippen molar-refractivity contribution in [3.8, 4) is 11.3 Å². The maximum absolute atomic E-state index is 13.2. The Labute approximate surface area is 156 Å². The Kier molecular flexibility index (Phi) is 4.50. The van der Waals surface area contributed by atoms with E-state index in [2.05, 4.69) is 6.07 Å². The Morgan fingerprint density at radius 2 is 1.77 bits per heavy atom. The molecule has 0 aliphatic carbocycles. The molecule has 0 spiro atoms. The molecule has 0 saturated carbocycles. The first-order valence-corrected chi connectivity index (χ1v) is 9.33. The quantitative estimate of drug-likeness (QED) is 0.500. The highest BCUT2D eigenvalue weighted by atomic mass is 32.1. The van der Waals surface area contributed by atoms with Crippen molar-refractivity contribution in [2.75, 3.05) is 7.05 Å². The molecule has 0 fully saturated rings. The number of amides is 1. The topological polar surface area (TPSA) is 33.2 Å². The van der Waals surface area contributed by atoms with Crippen LogP contribution in [0.3, 0.4) is 0 Å². The largest absolute Gasteiger partial charge is 0.337 e. The molecular weight excluding hydrogens is 340 g/mol. The third-order valence-corrected chi connectivity index (χ3v) is 5.20. The molecule has 2 heterocycles. The number of hydrogen-bond acceptors (Lipinski definition) is 3. The third-order valence-electron chi connectivity index (χ3n) is 4.34. The molecule has 0 unspecified atom stereocenters. The summed E-state index contributed by atoms with van der Waals surface area (Å²) in [6.07, 6.45) is 0. The summed E-state index contributed by atoms with van der Waals surface area (Å²) in [5.41, 5.74) is 3.35. The number of thiophene rings is 1. The lowest BCUT2D eigenvalue weighted by atomic mass is 10.0. The zero-order valence-electron chi connectivity index (χ0n) is 14.4. The number of aromatic nitrogens is 1. The fourth-order valence-electron chi connectivity index (χ4n) is 3.02. The van der Waals surface area contributed by atoms with Gasteiger partial charge in [0, 0.05) is 22.9 Å². The highest BCUT2D eigenvalue weighted by Crippen LogP contribution is 2.26. The van der Waals surface area contributed by atoms with Crippen LogP contribution in [0.25, 0.3) is 22.2 Å². The lowest BCUT2D eigenvalue weighted by Crippen LogP contribution is -2.26. The van der Waals surface area contributed by atoms with Crippen LogP contribution in [0.5, 0.6) is 0 Å². The van der Waals surface area contributed by atoms with Gasteiger partial charge in [0.25, 0.3) is 5.91 Å². The summed E-state index contributed by atoms with van der Waals surface area (Å²) < 4.78 is 0. The van der Waals surface area contributed by atoms with Crippen molar-refractivity contribution in [3.05, 3.63) is 88.6 Å². The molecule has 4 rings (SSSR count). The maximum atomic E-state index is 13.2. The molecular formula is C22H18N2OS. The van der Waals surface area contributed by atoms with Gasteiger partial charge in [-0.05, 0) is 23.6 Å². The van der Waals surface area contributed by atoms with Gasteiger partial charge in [-0.1, -0.05) is 54.6 Å². The van der Waals surface area contributed by atoms with E-state index in [9.17, 15) is 4.79 Å². The van der Waals surface area contributed by atoms with E-state index in [-0.39, 0.29) is 5.91 Å². The van der Waals surface area contributed by atoms with Crippen LogP contribution in [0.2, 0.25) is 0 Å². The van der Waals surface area contributed by atoms with Crippen LogP contribution in [-0.2, 0) is 6.54 Å². The highest BCUT2D eigenvalue weighted by molar-refractivity contribution is 7.09. The van der Waals surface area contributed by atoms with Gasteiger partial charge in [-0.15, -0.1) is 11.3 Å².